The molecule has 1 fully saturated rings. The highest BCUT2D eigenvalue weighted by Crippen LogP contribution is 2.39. The predicted octanol–water partition coefficient (Wildman–Crippen LogP) is 5.76. The van der Waals surface area contributed by atoms with E-state index in [9.17, 15) is 19.4 Å². The first-order valence-corrected chi connectivity index (χ1v) is 13.7. The normalized spacial score (nSPS) is 22.2. The lowest BCUT2D eigenvalue weighted by Crippen LogP contribution is -2.23. The average Bonchev–Trinajstić information content (AvgIpc) is 3.21. The molecule has 1 aliphatic carbocycles. The molecule has 0 amide bonds. The van der Waals surface area contributed by atoms with E-state index in [-0.39, 0.29) is 36.3 Å². The molecular weight excluding hydrogens is 555 g/mol. The molecule has 6 nitrogen and oxygen atoms in total. The van der Waals surface area contributed by atoms with Gasteiger partial charge in [-0.1, -0.05) is 70.6 Å². The second-order valence-electron chi connectivity index (χ2n) is 9.35. The second kappa shape index (κ2) is 15.8. The molecule has 0 aromatic heterocycles. The minimum atomic E-state index is -0.953. The van der Waals surface area contributed by atoms with Crippen LogP contribution in [0.5, 0.6) is 5.75 Å². The first-order valence-electron chi connectivity index (χ1n) is 12.9. The molecule has 0 aliphatic heterocycles. The standard InChI is InChI=1S/C30H36BrFO6/c1-36-30(35)15-5-3-2-4-11-23-24(17-16-22(33)20-38-28-14-9-8-13-26(28)32)29(18-27(23)34)37-19-21-10-6-7-12-25(21)31/h2,4,6-10,12-14,16-17,22-24,27,29,33-34H,3,5,11,15,18-20H2,1H3/t22-,23-,24-,27+,29-/m1/s1. The van der Waals surface area contributed by atoms with Crippen molar-refractivity contribution in [2.75, 3.05) is 13.7 Å². The van der Waals surface area contributed by atoms with Gasteiger partial charge in [0.1, 0.15) is 12.7 Å². The summed E-state index contributed by atoms with van der Waals surface area (Å²) in [5.41, 5.74) is 1.01. The van der Waals surface area contributed by atoms with Crippen molar-refractivity contribution in [1.82, 2.24) is 0 Å². The van der Waals surface area contributed by atoms with Crippen LogP contribution in [0.4, 0.5) is 4.39 Å². The van der Waals surface area contributed by atoms with Crippen LogP contribution in [0.1, 0.15) is 37.7 Å². The van der Waals surface area contributed by atoms with Gasteiger partial charge in [-0.3, -0.25) is 4.79 Å². The number of para-hydroxylation sites is 1. The second-order valence-corrected chi connectivity index (χ2v) is 10.2. The summed E-state index contributed by atoms with van der Waals surface area (Å²) in [6.45, 7) is 0.290. The summed E-state index contributed by atoms with van der Waals surface area (Å²) < 4.78 is 31.1. The number of benzene rings is 2. The number of hydrogen-bond acceptors (Lipinski definition) is 6. The molecule has 3 rings (SSSR count). The number of unbranched alkanes of at least 4 members (excludes halogenated alkanes) is 1. The highest BCUT2D eigenvalue weighted by Gasteiger charge is 2.41. The Morgan fingerprint density at radius 3 is 2.71 bits per heavy atom. The van der Waals surface area contributed by atoms with E-state index in [4.69, 9.17) is 9.47 Å². The van der Waals surface area contributed by atoms with Gasteiger partial charge >= 0.3 is 5.97 Å². The monoisotopic (exact) mass is 590 g/mol. The number of methoxy groups -OCH3 is 1. The van der Waals surface area contributed by atoms with Crippen molar-refractivity contribution < 1.29 is 33.6 Å². The van der Waals surface area contributed by atoms with E-state index in [2.05, 4.69) is 20.7 Å². The Morgan fingerprint density at radius 2 is 1.95 bits per heavy atom. The number of halogens is 2. The average molecular weight is 592 g/mol. The summed E-state index contributed by atoms with van der Waals surface area (Å²) in [6.07, 6.45) is 8.71. The van der Waals surface area contributed by atoms with Crippen molar-refractivity contribution in [3.8, 4) is 5.75 Å². The molecular formula is C30H36BrFO6. The third-order valence-corrected chi connectivity index (χ3v) is 7.43. The van der Waals surface area contributed by atoms with Crippen molar-refractivity contribution >= 4 is 21.9 Å². The highest BCUT2D eigenvalue weighted by atomic mass is 79.9. The van der Waals surface area contributed by atoms with Crippen LogP contribution in [0.2, 0.25) is 0 Å². The number of carbonyl (C=O) groups excluding carboxylic acids is 1. The first kappa shape index (κ1) is 30.0. The van der Waals surface area contributed by atoms with Crippen LogP contribution in [0, 0.1) is 17.7 Å². The third-order valence-electron chi connectivity index (χ3n) is 6.66. The Balaban J connectivity index is 1.63. The fourth-order valence-corrected chi connectivity index (χ4v) is 4.96. The highest BCUT2D eigenvalue weighted by molar-refractivity contribution is 9.10. The number of allylic oxidation sites excluding steroid dienone is 2. The van der Waals surface area contributed by atoms with Crippen LogP contribution >= 0.6 is 15.9 Å². The number of ether oxygens (including phenoxy) is 3. The molecule has 2 N–H and O–H groups in total. The molecule has 1 saturated carbocycles. The SMILES string of the molecule is COC(=O)CCCC=CC[C@@H]1[C@@H](C=C[C@@H](O)COc2ccccc2F)[C@H](OCc2ccccc2Br)C[C@@H]1O. The fraction of sp³-hybridized carbons (Fsp3) is 0.433. The summed E-state index contributed by atoms with van der Waals surface area (Å²) >= 11 is 3.55. The van der Waals surface area contributed by atoms with Gasteiger partial charge in [-0.25, -0.2) is 4.39 Å². The molecule has 0 spiro atoms. The zero-order valence-corrected chi connectivity index (χ0v) is 23.1. The van der Waals surface area contributed by atoms with Crippen LogP contribution in [0.25, 0.3) is 0 Å². The zero-order valence-electron chi connectivity index (χ0n) is 21.5. The first-order chi connectivity index (χ1) is 18.4. The van der Waals surface area contributed by atoms with Gasteiger partial charge in [0.05, 0.1) is 25.9 Å². The minimum Gasteiger partial charge on any atom is -0.487 e. The van der Waals surface area contributed by atoms with Crippen molar-refractivity contribution in [2.24, 2.45) is 11.8 Å². The maximum Gasteiger partial charge on any atom is 0.305 e. The lowest BCUT2D eigenvalue weighted by atomic mass is 9.89. The molecule has 2 aromatic carbocycles. The van der Waals surface area contributed by atoms with Crippen LogP contribution in [0.3, 0.4) is 0 Å². The van der Waals surface area contributed by atoms with Crippen LogP contribution in [-0.2, 0) is 20.9 Å². The zero-order chi connectivity index (χ0) is 27.3. The lowest BCUT2D eigenvalue weighted by Gasteiger charge is -2.23. The molecule has 0 heterocycles. The van der Waals surface area contributed by atoms with Crippen molar-refractivity contribution in [2.45, 2.75) is 57.0 Å². The van der Waals surface area contributed by atoms with Gasteiger partial charge in [0, 0.05) is 23.2 Å². The number of aliphatic hydroxyl groups excluding tert-OH is 2. The maximum atomic E-state index is 13.8. The van der Waals surface area contributed by atoms with Crippen molar-refractivity contribution in [3.05, 3.63) is 88.7 Å². The number of hydrogen-bond donors (Lipinski definition) is 2. The van der Waals surface area contributed by atoms with E-state index in [0.717, 1.165) is 16.5 Å². The molecule has 0 unspecified atom stereocenters. The smallest absolute Gasteiger partial charge is 0.305 e. The Labute approximate surface area is 232 Å². The number of esters is 1. The summed E-state index contributed by atoms with van der Waals surface area (Å²) in [5.74, 6) is -0.873. The topological polar surface area (TPSA) is 85.2 Å². The Hall–Kier alpha value is -2.52. The molecule has 5 atom stereocenters. The van der Waals surface area contributed by atoms with Gasteiger partial charge in [0.15, 0.2) is 11.6 Å². The maximum absolute atomic E-state index is 13.8. The number of aliphatic hydroxyl groups is 2. The van der Waals surface area contributed by atoms with E-state index >= 15 is 0 Å². The Kier molecular flexibility index (Phi) is 12.5. The van der Waals surface area contributed by atoms with E-state index in [1.165, 1.54) is 19.2 Å². The van der Waals surface area contributed by atoms with E-state index in [0.29, 0.717) is 32.3 Å². The van der Waals surface area contributed by atoms with Crippen LogP contribution in [0.15, 0.2) is 77.3 Å². The van der Waals surface area contributed by atoms with Gasteiger partial charge in [0.25, 0.3) is 0 Å². The quantitative estimate of drug-likeness (QED) is 0.165. The van der Waals surface area contributed by atoms with Crippen LogP contribution in [-0.4, -0.2) is 48.2 Å². The van der Waals surface area contributed by atoms with Gasteiger partial charge < -0.3 is 24.4 Å². The minimum absolute atomic E-state index is 0.0844. The summed E-state index contributed by atoms with van der Waals surface area (Å²) in [6, 6.07) is 13.9. The van der Waals surface area contributed by atoms with Gasteiger partial charge in [-0.2, -0.15) is 0 Å². The molecule has 0 saturated heterocycles. The Morgan fingerprint density at radius 1 is 1.18 bits per heavy atom. The molecule has 2 aromatic rings. The lowest BCUT2D eigenvalue weighted by molar-refractivity contribution is -0.140. The van der Waals surface area contributed by atoms with E-state index in [1.807, 2.05) is 42.5 Å². The van der Waals surface area contributed by atoms with Crippen molar-refractivity contribution in [3.63, 3.8) is 0 Å². The molecule has 1 aliphatic rings. The largest absolute Gasteiger partial charge is 0.487 e. The third kappa shape index (κ3) is 9.34. The Bertz CT molecular complexity index is 1070. The molecule has 0 radical (unpaired) electrons. The molecule has 38 heavy (non-hydrogen) atoms. The molecule has 8 heteroatoms. The summed E-state index contributed by atoms with van der Waals surface area (Å²) in [5, 5.41) is 21.4. The fourth-order valence-electron chi connectivity index (χ4n) is 4.56. The number of rotatable bonds is 14. The van der Waals surface area contributed by atoms with E-state index in [1.54, 1.807) is 18.2 Å². The number of carbonyl (C=O) groups is 1. The van der Waals surface area contributed by atoms with Gasteiger partial charge in [0.2, 0.25) is 0 Å². The predicted molar refractivity (Wildman–Crippen MR) is 147 cm³/mol. The molecule has 0 bridgehead atoms. The molecule has 206 valence electrons. The van der Waals surface area contributed by atoms with Gasteiger partial charge in [-0.15, -0.1) is 0 Å². The van der Waals surface area contributed by atoms with Crippen LogP contribution < -0.4 is 4.74 Å². The summed E-state index contributed by atoms with van der Waals surface area (Å²) in [4.78, 5) is 11.3. The summed E-state index contributed by atoms with van der Waals surface area (Å²) in [7, 11) is 1.38. The van der Waals surface area contributed by atoms with E-state index < -0.39 is 18.0 Å². The van der Waals surface area contributed by atoms with Gasteiger partial charge in [-0.05, 0) is 48.9 Å². The van der Waals surface area contributed by atoms with Crippen molar-refractivity contribution in [1.29, 1.82) is 0 Å².